The van der Waals surface area contributed by atoms with E-state index in [1.54, 1.807) is 0 Å². The average Bonchev–Trinajstić information content (AvgIpc) is 2.82. The molecule has 1 aromatic rings. The summed E-state index contributed by atoms with van der Waals surface area (Å²) < 4.78 is 0. The van der Waals surface area contributed by atoms with Crippen LogP contribution in [0.15, 0.2) is 59.5 Å². The van der Waals surface area contributed by atoms with E-state index in [-0.39, 0.29) is 11.8 Å². The number of hydrogen-bond donors (Lipinski definition) is 3. The number of nitrogens with two attached hydrogens (primary N) is 1. The Morgan fingerprint density at radius 1 is 1.19 bits per heavy atom. The zero-order valence-corrected chi connectivity index (χ0v) is 11.4. The van der Waals surface area contributed by atoms with Gasteiger partial charge in [-0.3, -0.25) is 4.79 Å². The van der Waals surface area contributed by atoms with Crippen LogP contribution in [0.25, 0.3) is 6.08 Å². The van der Waals surface area contributed by atoms with E-state index in [0.717, 1.165) is 40.3 Å². The van der Waals surface area contributed by atoms with Gasteiger partial charge in [0.1, 0.15) is 0 Å². The molecule has 0 spiro atoms. The van der Waals surface area contributed by atoms with E-state index in [1.807, 2.05) is 42.5 Å². The Balaban J connectivity index is 1.78. The highest BCUT2D eigenvalue weighted by atomic mass is 16.2. The zero-order valence-electron chi connectivity index (χ0n) is 11.4. The quantitative estimate of drug-likeness (QED) is 0.504. The molecule has 1 unspecified atom stereocenters. The van der Waals surface area contributed by atoms with E-state index in [2.05, 4.69) is 16.7 Å². The van der Waals surface area contributed by atoms with Crippen LogP contribution in [0, 0.1) is 5.92 Å². The minimum Gasteiger partial charge on any atom is -0.399 e. The molecule has 1 fully saturated rings. The smallest absolute Gasteiger partial charge is 0.254 e. The van der Waals surface area contributed by atoms with Crippen molar-refractivity contribution in [2.75, 3.05) is 11.1 Å². The fourth-order valence-corrected chi connectivity index (χ4v) is 3.05. The maximum absolute atomic E-state index is 12.3. The fourth-order valence-electron chi connectivity index (χ4n) is 3.05. The Hall–Kier alpha value is -2.75. The Bertz CT molecular complexity index is 768. The number of allylic oxidation sites excluding steroid dienone is 5. The van der Waals surface area contributed by atoms with Crippen LogP contribution in [0.5, 0.6) is 0 Å². The van der Waals surface area contributed by atoms with Crippen LogP contribution in [-0.4, -0.2) is 5.91 Å². The lowest BCUT2D eigenvalue weighted by Gasteiger charge is -2.20. The van der Waals surface area contributed by atoms with Crippen molar-refractivity contribution in [3.05, 3.63) is 65.0 Å². The largest absolute Gasteiger partial charge is 0.399 e. The summed E-state index contributed by atoms with van der Waals surface area (Å²) in [7, 11) is 0. The molecule has 1 saturated heterocycles. The van der Waals surface area contributed by atoms with E-state index in [4.69, 9.17) is 5.73 Å². The highest BCUT2D eigenvalue weighted by Crippen LogP contribution is 2.36. The molecule has 1 aromatic carbocycles. The molecule has 0 bridgehead atoms. The van der Waals surface area contributed by atoms with Crippen molar-refractivity contribution < 1.29 is 4.79 Å². The third-order valence-corrected chi connectivity index (χ3v) is 4.07. The number of benzene rings is 1. The molecular weight excluding hydrogens is 262 g/mol. The monoisotopic (exact) mass is 277 g/mol. The van der Waals surface area contributed by atoms with Gasteiger partial charge in [-0.15, -0.1) is 0 Å². The Kier molecular flexibility index (Phi) is 2.51. The standard InChI is InChI=1S/C17H15N3O/c18-11-6-8-13-10(9-11)5-7-15(19-13)16-12-3-1-2-4-14(12)20-17(16)21/h1-2,4-9,12,19H,3,18H2,(H,20,21). The summed E-state index contributed by atoms with van der Waals surface area (Å²) in [5.41, 5.74) is 11.2. The Morgan fingerprint density at radius 2 is 2.10 bits per heavy atom. The third-order valence-electron chi connectivity index (χ3n) is 4.07. The minimum absolute atomic E-state index is 0.0130. The van der Waals surface area contributed by atoms with Crippen LogP contribution in [0.4, 0.5) is 11.4 Å². The number of carbonyl (C=O) groups is 1. The summed E-state index contributed by atoms with van der Waals surface area (Å²) in [5.74, 6) is 0.117. The molecule has 0 radical (unpaired) electrons. The lowest BCUT2D eigenvalue weighted by atomic mass is 9.90. The SMILES string of the molecule is Nc1ccc2c(c1)C=CC(=C1C(=O)NC3=CC=CCC31)N2. The molecule has 4 heteroatoms. The first kappa shape index (κ1) is 12.0. The summed E-state index contributed by atoms with van der Waals surface area (Å²) in [6.07, 6.45) is 10.9. The second-order valence-electron chi connectivity index (χ2n) is 5.42. The average molecular weight is 277 g/mol. The van der Waals surface area contributed by atoms with Gasteiger partial charge in [0.2, 0.25) is 0 Å². The maximum atomic E-state index is 12.3. The predicted octanol–water partition coefficient (Wildman–Crippen LogP) is 2.55. The predicted molar refractivity (Wildman–Crippen MR) is 84.0 cm³/mol. The van der Waals surface area contributed by atoms with Gasteiger partial charge in [-0.05, 0) is 36.8 Å². The molecule has 104 valence electrons. The van der Waals surface area contributed by atoms with E-state index in [0.29, 0.717) is 0 Å². The third kappa shape index (κ3) is 1.88. The van der Waals surface area contributed by atoms with Crippen molar-refractivity contribution in [2.24, 2.45) is 5.92 Å². The first-order chi connectivity index (χ1) is 10.2. The molecule has 1 atom stereocenters. The first-order valence-electron chi connectivity index (χ1n) is 6.99. The maximum Gasteiger partial charge on any atom is 0.254 e. The van der Waals surface area contributed by atoms with E-state index >= 15 is 0 Å². The van der Waals surface area contributed by atoms with Gasteiger partial charge >= 0.3 is 0 Å². The lowest BCUT2D eigenvalue weighted by molar-refractivity contribution is -0.116. The van der Waals surface area contributed by atoms with Crippen LogP contribution in [0.3, 0.4) is 0 Å². The molecule has 0 aromatic heterocycles. The van der Waals surface area contributed by atoms with Gasteiger partial charge in [-0.25, -0.2) is 0 Å². The molecule has 4 rings (SSSR count). The molecule has 4 nitrogen and oxygen atoms in total. The van der Waals surface area contributed by atoms with Crippen molar-refractivity contribution in [1.82, 2.24) is 5.32 Å². The number of amides is 1. The summed E-state index contributed by atoms with van der Waals surface area (Å²) in [4.78, 5) is 12.3. The van der Waals surface area contributed by atoms with Crippen molar-refractivity contribution in [3.8, 4) is 0 Å². The molecule has 21 heavy (non-hydrogen) atoms. The summed E-state index contributed by atoms with van der Waals surface area (Å²) in [6, 6.07) is 5.72. The number of nitrogens with one attached hydrogen (secondary N) is 2. The normalized spacial score (nSPS) is 25.8. The van der Waals surface area contributed by atoms with Crippen LogP contribution in [0.2, 0.25) is 0 Å². The van der Waals surface area contributed by atoms with Crippen LogP contribution in [-0.2, 0) is 4.79 Å². The number of nitrogen functional groups attached to an aromatic ring is 1. The van der Waals surface area contributed by atoms with Crippen LogP contribution < -0.4 is 16.4 Å². The summed E-state index contributed by atoms with van der Waals surface area (Å²) in [6.45, 7) is 0. The fraction of sp³-hybridized carbons (Fsp3) is 0.118. The Labute approximate surface area is 122 Å². The highest BCUT2D eigenvalue weighted by molar-refractivity contribution is 6.01. The zero-order chi connectivity index (χ0) is 14.4. The number of rotatable bonds is 0. The number of fused-ring (bicyclic) bond motifs is 2. The van der Waals surface area contributed by atoms with E-state index in [9.17, 15) is 4.79 Å². The van der Waals surface area contributed by atoms with Gasteiger partial charge in [0, 0.05) is 39.8 Å². The van der Waals surface area contributed by atoms with Gasteiger partial charge in [0.15, 0.2) is 0 Å². The molecule has 2 heterocycles. The summed E-state index contributed by atoms with van der Waals surface area (Å²) in [5, 5.41) is 6.31. The molecule has 3 aliphatic rings. The highest BCUT2D eigenvalue weighted by Gasteiger charge is 2.35. The van der Waals surface area contributed by atoms with Gasteiger partial charge < -0.3 is 16.4 Å². The number of anilines is 2. The van der Waals surface area contributed by atoms with Crippen molar-refractivity contribution in [3.63, 3.8) is 0 Å². The molecule has 4 N–H and O–H groups in total. The summed E-state index contributed by atoms with van der Waals surface area (Å²) >= 11 is 0. The van der Waals surface area contributed by atoms with E-state index < -0.39 is 0 Å². The van der Waals surface area contributed by atoms with Gasteiger partial charge in [-0.2, -0.15) is 0 Å². The van der Waals surface area contributed by atoms with Gasteiger partial charge in [-0.1, -0.05) is 18.2 Å². The topological polar surface area (TPSA) is 67.2 Å². The second kappa shape index (κ2) is 4.38. The lowest BCUT2D eigenvalue weighted by Crippen LogP contribution is -2.16. The molecule has 1 aliphatic carbocycles. The molecular formula is C17H15N3O. The minimum atomic E-state index is -0.0130. The Morgan fingerprint density at radius 3 is 3.00 bits per heavy atom. The second-order valence-corrected chi connectivity index (χ2v) is 5.42. The van der Waals surface area contributed by atoms with Crippen molar-refractivity contribution >= 4 is 23.4 Å². The first-order valence-corrected chi connectivity index (χ1v) is 6.99. The van der Waals surface area contributed by atoms with Crippen molar-refractivity contribution in [2.45, 2.75) is 6.42 Å². The van der Waals surface area contributed by atoms with E-state index in [1.165, 1.54) is 0 Å². The number of carbonyl (C=O) groups excluding carboxylic acids is 1. The molecule has 0 saturated carbocycles. The van der Waals surface area contributed by atoms with Crippen LogP contribution in [0.1, 0.15) is 12.0 Å². The number of hydrogen-bond acceptors (Lipinski definition) is 3. The van der Waals surface area contributed by atoms with Crippen molar-refractivity contribution in [1.29, 1.82) is 0 Å². The molecule has 1 amide bonds. The molecule has 2 aliphatic heterocycles. The van der Waals surface area contributed by atoms with Crippen LogP contribution >= 0.6 is 0 Å². The van der Waals surface area contributed by atoms with Gasteiger partial charge in [0.25, 0.3) is 5.91 Å². The van der Waals surface area contributed by atoms with Gasteiger partial charge in [0.05, 0.1) is 0 Å².